The summed E-state index contributed by atoms with van der Waals surface area (Å²) in [5.41, 5.74) is 0.541. The molecule has 0 bridgehead atoms. The third kappa shape index (κ3) is 15.3. The first-order valence-electron chi connectivity index (χ1n) is 12.1. The Morgan fingerprint density at radius 3 is 2.58 bits per heavy atom. The zero-order valence-corrected chi connectivity index (χ0v) is 23.9. The van der Waals surface area contributed by atoms with E-state index in [2.05, 4.69) is 41.6 Å². The molecule has 36 heavy (non-hydrogen) atoms. The first-order chi connectivity index (χ1) is 17.1. The summed E-state index contributed by atoms with van der Waals surface area (Å²) in [5.74, 6) is 6.40. The van der Waals surface area contributed by atoms with Gasteiger partial charge in [-0.05, 0) is 31.4 Å². The van der Waals surface area contributed by atoms with Gasteiger partial charge in [-0.1, -0.05) is 67.2 Å². The number of rotatable bonds is 17. The number of hydrogen-bond acceptors (Lipinski definition) is 8. The summed E-state index contributed by atoms with van der Waals surface area (Å²) in [4.78, 5) is 23.6. The Morgan fingerprint density at radius 2 is 1.89 bits per heavy atom. The van der Waals surface area contributed by atoms with Crippen LogP contribution in [0.5, 0.6) is 5.75 Å². The summed E-state index contributed by atoms with van der Waals surface area (Å²) in [6.45, 7) is 12.4. The van der Waals surface area contributed by atoms with E-state index in [1.807, 2.05) is 33.1 Å². The fourth-order valence-corrected chi connectivity index (χ4v) is 4.71. The van der Waals surface area contributed by atoms with Gasteiger partial charge in [0.25, 0.3) is 5.91 Å². The van der Waals surface area contributed by atoms with Crippen molar-refractivity contribution in [3.63, 3.8) is 0 Å². The average Bonchev–Trinajstić information content (AvgIpc) is 2.83. The number of nitrogens with one attached hydrogen (secondary N) is 3. The van der Waals surface area contributed by atoms with Crippen molar-refractivity contribution in [1.82, 2.24) is 16.0 Å². The molecule has 1 atom stereocenters. The lowest BCUT2D eigenvalue weighted by molar-refractivity contribution is -0.126. The van der Waals surface area contributed by atoms with Gasteiger partial charge in [0, 0.05) is 30.6 Å². The molecular formula is C26H41N3O5S2. The van der Waals surface area contributed by atoms with Gasteiger partial charge in [-0.3, -0.25) is 9.59 Å². The van der Waals surface area contributed by atoms with Crippen LogP contribution in [0.2, 0.25) is 0 Å². The van der Waals surface area contributed by atoms with Crippen LogP contribution in [0.25, 0.3) is 0 Å². The van der Waals surface area contributed by atoms with Gasteiger partial charge in [0.1, 0.15) is 19.0 Å². The van der Waals surface area contributed by atoms with Gasteiger partial charge in [0.2, 0.25) is 5.91 Å². The van der Waals surface area contributed by atoms with Crippen LogP contribution in [0.1, 0.15) is 45.0 Å². The Hall–Kier alpha value is -1.90. The van der Waals surface area contributed by atoms with Crippen molar-refractivity contribution in [2.75, 3.05) is 52.3 Å². The minimum absolute atomic E-state index is 0.0437. The highest BCUT2D eigenvalue weighted by molar-refractivity contribution is 8.76. The molecule has 10 heteroatoms. The highest BCUT2D eigenvalue weighted by atomic mass is 33.1. The van der Waals surface area contributed by atoms with Gasteiger partial charge in [0.05, 0.1) is 19.8 Å². The van der Waals surface area contributed by atoms with Crippen LogP contribution in [0, 0.1) is 17.8 Å². The molecule has 8 nitrogen and oxygen atoms in total. The molecule has 0 saturated heterocycles. The summed E-state index contributed by atoms with van der Waals surface area (Å²) < 4.78 is 17.4. The maximum atomic E-state index is 12.4. The molecule has 0 spiro atoms. The molecule has 2 amide bonds. The molecule has 0 heterocycles. The van der Waals surface area contributed by atoms with Crippen molar-refractivity contribution in [2.45, 2.75) is 45.6 Å². The number of amides is 2. The van der Waals surface area contributed by atoms with E-state index in [-0.39, 0.29) is 37.6 Å². The minimum atomic E-state index is -0.641. The minimum Gasteiger partial charge on any atom is -0.490 e. The molecule has 0 unspecified atom stereocenters. The van der Waals surface area contributed by atoms with E-state index in [0.29, 0.717) is 43.6 Å². The number of hydrogen-bond donors (Lipinski definition) is 3. The molecule has 0 fully saturated rings. The lowest BCUT2D eigenvalue weighted by Gasteiger charge is -2.28. The van der Waals surface area contributed by atoms with E-state index in [1.165, 1.54) is 10.8 Å². The monoisotopic (exact) mass is 539 g/mol. The van der Waals surface area contributed by atoms with Crippen LogP contribution in [-0.4, -0.2) is 75.1 Å². The van der Waals surface area contributed by atoms with Gasteiger partial charge in [-0.2, -0.15) is 0 Å². The van der Waals surface area contributed by atoms with E-state index in [1.54, 1.807) is 29.0 Å². The van der Waals surface area contributed by atoms with Crippen LogP contribution in [0.3, 0.4) is 0 Å². The maximum absolute atomic E-state index is 12.4. The predicted molar refractivity (Wildman–Crippen MR) is 149 cm³/mol. The van der Waals surface area contributed by atoms with Gasteiger partial charge in [0.15, 0.2) is 4.93 Å². The number of carbonyl (C=O) groups is 2. The van der Waals surface area contributed by atoms with Crippen LogP contribution in [0.15, 0.2) is 24.3 Å². The van der Waals surface area contributed by atoms with Crippen LogP contribution in [0.4, 0.5) is 0 Å². The first-order valence-corrected chi connectivity index (χ1v) is 14.6. The summed E-state index contributed by atoms with van der Waals surface area (Å²) in [6.07, 6.45) is 1.97. The second-order valence-electron chi connectivity index (χ2n) is 8.72. The van der Waals surface area contributed by atoms with Crippen LogP contribution in [-0.2, 0) is 14.3 Å². The molecule has 0 radical (unpaired) electrons. The van der Waals surface area contributed by atoms with Crippen molar-refractivity contribution in [1.29, 1.82) is 0 Å². The average molecular weight is 540 g/mol. The second kappa shape index (κ2) is 18.4. The Balaban J connectivity index is 2.44. The second-order valence-corrected chi connectivity index (χ2v) is 11.6. The fraction of sp³-hybridized carbons (Fsp3) is 0.615. The first kappa shape index (κ1) is 32.1. The number of benzene rings is 1. The highest BCUT2D eigenvalue weighted by Crippen LogP contribution is 2.35. The van der Waals surface area contributed by atoms with Crippen molar-refractivity contribution >= 4 is 33.4 Å². The normalized spacial score (nSPS) is 12.6. The van der Waals surface area contributed by atoms with Crippen LogP contribution >= 0.6 is 21.6 Å². The summed E-state index contributed by atoms with van der Waals surface area (Å²) in [5, 5.41) is 8.86. The summed E-state index contributed by atoms with van der Waals surface area (Å²) in [7, 11) is 3.11. The van der Waals surface area contributed by atoms with Crippen LogP contribution < -0.4 is 20.7 Å². The van der Waals surface area contributed by atoms with Gasteiger partial charge in [-0.15, -0.1) is 0 Å². The van der Waals surface area contributed by atoms with E-state index in [0.717, 1.165) is 0 Å². The topological polar surface area (TPSA) is 97.9 Å². The molecule has 0 aliphatic carbocycles. The summed E-state index contributed by atoms with van der Waals surface area (Å²) in [6, 6.07) is 7.47. The standard InChI is InChI=1S/C26H41N3O5S2/c1-20(2)9-8-12-28-24(30)18-32-15-16-34-26(5,36-35-6)19-33-23-11-7-10-22(17-23)25(31)29-14-13-27-21(3)4/h7,10-11,17,20-21,27H,12-16,18-19H2,1-6H3,(H,28,30)(H,29,31)/t26-/m0/s1. The molecule has 1 aromatic rings. The van der Waals surface area contributed by atoms with Crippen molar-refractivity contribution in [3.8, 4) is 17.6 Å². The molecule has 0 saturated carbocycles. The Morgan fingerprint density at radius 1 is 1.11 bits per heavy atom. The molecular weight excluding hydrogens is 498 g/mol. The van der Waals surface area contributed by atoms with Crippen molar-refractivity contribution < 1.29 is 23.8 Å². The third-order valence-corrected chi connectivity index (χ3v) is 6.77. The van der Waals surface area contributed by atoms with Crippen molar-refractivity contribution in [2.24, 2.45) is 5.92 Å². The Bertz CT molecular complexity index is 857. The van der Waals surface area contributed by atoms with Gasteiger partial charge >= 0.3 is 0 Å². The van der Waals surface area contributed by atoms with Gasteiger partial charge < -0.3 is 30.2 Å². The smallest absolute Gasteiger partial charge is 0.251 e. The Labute approximate surface area is 224 Å². The maximum Gasteiger partial charge on any atom is 0.251 e. The molecule has 202 valence electrons. The summed E-state index contributed by atoms with van der Waals surface area (Å²) >= 11 is 0. The van der Waals surface area contributed by atoms with E-state index in [4.69, 9.17) is 14.2 Å². The zero-order chi connectivity index (χ0) is 26.8. The predicted octanol–water partition coefficient (Wildman–Crippen LogP) is 3.33. The fourth-order valence-electron chi connectivity index (χ4n) is 2.78. The highest BCUT2D eigenvalue weighted by Gasteiger charge is 2.27. The number of carbonyl (C=O) groups excluding carboxylic acids is 2. The third-order valence-electron chi connectivity index (χ3n) is 4.45. The lowest BCUT2D eigenvalue weighted by atomic mass is 10.2. The molecule has 0 aromatic heterocycles. The van der Waals surface area contributed by atoms with Gasteiger partial charge in [-0.25, -0.2) is 0 Å². The molecule has 0 aliphatic rings. The number of ether oxygens (including phenoxy) is 3. The van der Waals surface area contributed by atoms with E-state index < -0.39 is 4.93 Å². The SMILES string of the molecule is CSS[C@@](C)(COc1cccc(C(=O)NCCNC(C)C)c1)OCCOCC(=O)NCC#CC(C)C. The lowest BCUT2D eigenvalue weighted by Crippen LogP contribution is -2.34. The van der Waals surface area contributed by atoms with E-state index in [9.17, 15) is 9.59 Å². The molecule has 0 aliphatic heterocycles. The largest absolute Gasteiger partial charge is 0.490 e. The quantitative estimate of drug-likeness (QED) is 0.120. The van der Waals surface area contributed by atoms with Crippen molar-refractivity contribution in [3.05, 3.63) is 29.8 Å². The van der Waals surface area contributed by atoms with E-state index >= 15 is 0 Å². The molecule has 3 N–H and O–H groups in total. The molecule has 1 aromatic carbocycles. The molecule has 1 rings (SSSR count). The Kier molecular flexibility index (Phi) is 16.4. The zero-order valence-electron chi connectivity index (χ0n) is 22.3.